The van der Waals surface area contributed by atoms with E-state index in [1.807, 2.05) is 18.3 Å². The molecule has 1 saturated heterocycles. The van der Waals surface area contributed by atoms with Crippen molar-refractivity contribution in [3.63, 3.8) is 0 Å². The molecule has 3 heterocycles. The van der Waals surface area contributed by atoms with Gasteiger partial charge in [0.05, 0.1) is 5.69 Å². The molecule has 8 heteroatoms. The highest BCUT2D eigenvalue weighted by Gasteiger charge is 2.30. The van der Waals surface area contributed by atoms with Crippen molar-refractivity contribution in [1.82, 2.24) is 20.9 Å². The number of piperidine rings is 1. The fraction of sp³-hybridized carbons (Fsp3) is 0.522. The molecule has 0 saturated carbocycles. The largest absolute Gasteiger partial charge is 0.365 e. The van der Waals surface area contributed by atoms with Crippen LogP contribution in [0.5, 0.6) is 0 Å². The summed E-state index contributed by atoms with van der Waals surface area (Å²) in [6.45, 7) is 5.49. The van der Waals surface area contributed by atoms with E-state index >= 15 is 0 Å². The first-order valence-electron chi connectivity index (χ1n) is 11.4. The molecule has 8 nitrogen and oxygen atoms in total. The molecule has 2 amide bonds. The Morgan fingerprint density at radius 2 is 2.03 bits per heavy atom. The lowest BCUT2D eigenvalue weighted by Gasteiger charge is -2.31. The molecule has 4 rings (SSSR count). The molecule has 3 aliphatic rings. The zero-order valence-corrected chi connectivity index (χ0v) is 18.1. The van der Waals surface area contributed by atoms with Crippen LogP contribution in [0.4, 0.5) is 10.5 Å². The molecule has 0 radical (unpaired) electrons. The van der Waals surface area contributed by atoms with Gasteiger partial charge in [-0.15, -0.1) is 0 Å². The first-order valence-corrected chi connectivity index (χ1v) is 11.4. The molecule has 0 aliphatic carbocycles. The molecule has 7 N–H and O–H groups in total. The van der Waals surface area contributed by atoms with E-state index in [9.17, 15) is 4.79 Å². The maximum atomic E-state index is 12.7. The molecule has 0 bridgehead atoms. The van der Waals surface area contributed by atoms with Crippen LogP contribution in [0.15, 0.2) is 47.8 Å². The predicted molar refractivity (Wildman–Crippen MR) is 124 cm³/mol. The van der Waals surface area contributed by atoms with Crippen LogP contribution in [0.3, 0.4) is 0 Å². The Morgan fingerprint density at radius 1 is 1.19 bits per heavy atom. The van der Waals surface area contributed by atoms with E-state index in [-0.39, 0.29) is 12.2 Å². The van der Waals surface area contributed by atoms with Crippen molar-refractivity contribution in [1.29, 1.82) is 0 Å². The van der Waals surface area contributed by atoms with E-state index in [0.29, 0.717) is 12.6 Å². The molecule has 1 aromatic rings. The Kier molecular flexibility index (Phi) is 7.24. The number of benzene rings is 1. The highest BCUT2D eigenvalue weighted by molar-refractivity contribution is 5.96. The normalized spacial score (nSPS) is 23.7. The second-order valence-electron chi connectivity index (χ2n) is 8.63. The number of carbonyl (C=O) groups is 1. The number of nitrogens with one attached hydrogen (secondary N) is 3. The maximum absolute atomic E-state index is 12.7. The van der Waals surface area contributed by atoms with Crippen molar-refractivity contribution >= 4 is 11.7 Å². The summed E-state index contributed by atoms with van der Waals surface area (Å²) < 4.78 is 0. The lowest BCUT2D eigenvalue weighted by molar-refractivity contribution is 0.210. The van der Waals surface area contributed by atoms with Crippen molar-refractivity contribution in [2.24, 2.45) is 11.5 Å². The molecule has 168 valence electrons. The number of carbonyl (C=O) groups excluding carboxylic acids is 1. The molecular weight excluding hydrogens is 390 g/mol. The number of rotatable bonds is 9. The Hall–Kier alpha value is -2.39. The zero-order chi connectivity index (χ0) is 21.6. The molecule has 2 atom stereocenters. The van der Waals surface area contributed by atoms with E-state index < -0.39 is 0 Å². The van der Waals surface area contributed by atoms with Gasteiger partial charge in [0.2, 0.25) is 0 Å². The summed E-state index contributed by atoms with van der Waals surface area (Å²) in [6, 6.07) is 8.27. The van der Waals surface area contributed by atoms with Crippen LogP contribution >= 0.6 is 0 Å². The van der Waals surface area contributed by atoms with Crippen LogP contribution in [0, 0.1) is 0 Å². The summed E-state index contributed by atoms with van der Waals surface area (Å²) >= 11 is 0. The van der Waals surface area contributed by atoms with Gasteiger partial charge >= 0.3 is 6.03 Å². The third-order valence-corrected chi connectivity index (χ3v) is 6.11. The van der Waals surface area contributed by atoms with E-state index in [2.05, 4.69) is 39.1 Å². The topological polar surface area (TPSA) is 112 Å². The summed E-state index contributed by atoms with van der Waals surface area (Å²) in [6.07, 6.45) is 8.16. The van der Waals surface area contributed by atoms with Crippen LogP contribution in [0.25, 0.3) is 0 Å². The van der Waals surface area contributed by atoms with Crippen molar-refractivity contribution in [3.05, 3.63) is 53.4 Å². The number of hydrogen-bond acceptors (Lipinski definition) is 6. The van der Waals surface area contributed by atoms with Gasteiger partial charge in [0.15, 0.2) is 0 Å². The predicted octanol–water partition coefficient (Wildman–Crippen LogP) is 1.16. The first-order chi connectivity index (χ1) is 15.1. The molecule has 31 heavy (non-hydrogen) atoms. The second-order valence-corrected chi connectivity index (χ2v) is 8.63. The summed E-state index contributed by atoms with van der Waals surface area (Å²) in [7, 11) is 0. The van der Waals surface area contributed by atoms with Crippen LogP contribution < -0.4 is 32.3 Å². The average molecular weight is 426 g/mol. The number of nitrogens with two attached hydrogens (primary N) is 2. The number of fused-ring (bicyclic) bond motifs is 1. The summed E-state index contributed by atoms with van der Waals surface area (Å²) in [5, 5.41) is 9.88. The number of likely N-dealkylation sites (tertiary alicyclic amines) is 1. The summed E-state index contributed by atoms with van der Waals surface area (Å²) in [5.41, 5.74) is 15.9. The van der Waals surface area contributed by atoms with Crippen molar-refractivity contribution < 1.29 is 4.79 Å². The van der Waals surface area contributed by atoms with Crippen LogP contribution in [-0.4, -0.2) is 55.9 Å². The lowest BCUT2D eigenvalue weighted by atomic mass is 10.1. The third kappa shape index (κ3) is 5.65. The minimum Gasteiger partial charge on any atom is -0.365 e. The van der Waals surface area contributed by atoms with Gasteiger partial charge in [-0.3, -0.25) is 4.90 Å². The smallest absolute Gasteiger partial charge is 0.327 e. The molecule has 0 aromatic heterocycles. The summed E-state index contributed by atoms with van der Waals surface area (Å²) in [4.78, 5) is 16.8. The highest BCUT2D eigenvalue weighted by atomic mass is 16.2. The number of amides is 2. The Bertz CT molecular complexity index is 820. The fourth-order valence-corrected chi connectivity index (χ4v) is 4.37. The quantitative estimate of drug-likeness (QED) is 0.380. The third-order valence-electron chi connectivity index (χ3n) is 6.11. The van der Waals surface area contributed by atoms with Gasteiger partial charge in [0.1, 0.15) is 6.17 Å². The lowest BCUT2D eigenvalue weighted by Crippen LogP contribution is -2.51. The average Bonchev–Trinajstić information content (AvgIpc) is 3.17. The van der Waals surface area contributed by atoms with Crippen molar-refractivity contribution in [3.8, 4) is 0 Å². The minimum absolute atomic E-state index is 0.119. The Morgan fingerprint density at radius 3 is 2.81 bits per heavy atom. The van der Waals surface area contributed by atoms with Gasteiger partial charge in [-0.25, -0.2) is 4.79 Å². The molecule has 1 fully saturated rings. The van der Waals surface area contributed by atoms with E-state index in [0.717, 1.165) is 68.9 Å². The van der Waals surface area contributed by atoms with Gasteiger partial charge in [-0.2, -0.15) is 0 Å². The molecule has 0 spiro atoms. The van der Waals surface area contributed by atoms with Crippen molar-refractivity contribution in [2.45, 2.75) is 44.4 Å². The molecule has 3 aliphatic heterocycles. The molecule has 2 unspecified atom stereocenters. The van der Waals surface area contributed by atoms with E-state index in [4.69, 9.17) is 11.5 Å². The monoisotopic (exact) mass is 425 g/mol. The van der Waals surface area contributed by atoms with Gasteiger partial charge in [0.25, 0.3) is 0 Å². The number of anilines is 1. The zero-order valence-electron chi connectivity index (χ0n) is 18.1. The number of nitrogens with zero attached hydrogens (tertiary/aromatic N) is 2. The highest BCUT2D eigenvalue weighted by Crippen LogP contribution is 2.25. The van der Waals surface area contributed by atoms with Gasteiger partial charge < -0.3 is 32.3 Å². The van der Waals surface area contributed by atoms with E-state index in [1.54, 1.807) is 4.90 Å². The van der Waals surface area contributed by atoms with Gasteiger partial charge in [0, 0.05) is 43.1 Å². The second kappa shape index (κ2) is 10.3. The van der Waals surface area contributed by atoms with Crippen LogP contribution in [-0.2, 0) is 6.54 Å². The fourth-order valence-electron chi connectivity index (χ4n) is 4.37. The summed E-state index contributed by atoms with van der Waals surface area (Å²) in [5.74, 6) is 0. The Labute approximate surface area is 184 Å². The molecular formula is C23H35N7O. The number of urea groups is 1. The molecule has 1 aromatic carbocycles. The van der Waals surface area contributed by atoms with Gasteiger partial charge in [-0.1, -0.05) is 12.1 Å². The number of hydrogen-bond donors (Lipinski definition) is 5. The Balaban J connectivity index is 1.35. The standard InChI is InChI=1S/C23H35N7O/c24-9-2-10-26-14-17-4-6-21(7-5-17)30-15-18-13-20(27-22(18)28-23(30)31)8-12-29-11-1-3-19(25)16-29/h4-7,13,15,19,22,26-27H,1-3,8-12,14,16,24-25H2,(H,28,31). The van der Waals surface area contributed by atoms with Crippen LogP contribution in [0.2, 0.25) is 0 Å². The maximum Gasteiger partial charge on any atom is 0.327 e. The van der Waals surface area contributed by atoms with E-state index in [1.165, 1.54) is 12.0 Å². The van der Waals surface area contributed by atoms with Gasteiger partial charge in [-0.05, 0) is 69.1 Å². The SMILES string of the molecule is NCCCNCc1ccc(N2C=C3C=C(CCN4CCCC(N)C4)NC3NC2=O)cc1. The van der Waals surface area contributed by atoms with Crippen LogP contribution in [0.1, 0.15) is 31.2 Å². The first kappa shape index (κ1) is 21.8. The minimum atomic E-state index is -0.145. The van der Waals surface area contributed by atoms with Crippen molar-refractivity contribution in [2.75, 3.05) is 37.6 Å².